The quantitative estimate of drug-likeness (QED) is 0.477. The molecule has 0 saturated heterocycles. The Morgan fingerprint density at radius 2 is 1.89 bits per heavy atom. The van der Waals surface area contributed by atoms with E-state index in [9.17, 15) is 14.0 Å². The van der Waals surface area contributed by atoms with Gasteiger partial charge in [-0.3, -0.25) is 9.63 Å². The average molecular weight is 269 g/mol. The minimum atomic E-state index is -1.62. The van der Waals surface area contributed by atoms with Crippen molar-refractivity contribution < 1.29 is 29.0 Å². The molecule has 0 aliphatic rings. The van der Waals surface area contributed by atoms with Gasteiger partial charge >= 0.3 is 5.97 Å². The third-order valence-electron chi connectivity index (χ3n) is 2.18. The van der Waals surface area contributed by atoms with E-state index in [1.165, 1.54) is 31.4 Å². The molecule has 0 radical (unpaired) electrons. The van der Waals surface area contributed by atoms with Crippen molar-refractivity contribution in [3.05, 3.63) is 47.5 Å². The highest BCUT2D eigenvalue weighted by molar-refractivity contribution is 5.95. The molecule has 2 N–H and O–H groups in total. The molecule has 0 spiro atoms. The number of nitrogens with zero attached hydrogens (tertiary/aromatic N) is 1. The van der Waals surface area contributed by atoms with Crippen molar-refractivity contribution in [1.29, 1.82) is 0 Å². The average Bonchev–Trinajstić information content (AvgIpc) is 2.37. The zero-order chi connectivity index (χ0) is 14.4. The Balaban J connectivity index is 2.78. The van der Waals surface area contributed by atoms with E-state index in [2.05, 4.69) is 0 Å². The van der Waals surface area contributed by atoms with Crippen molar-refractivity contribution in [1.82, 2.24) is 5.06 Å². The number of hydrogen-bond donors (Lipinski definition) is 2. The van der Waals surface area contributed by atoms with Crippen LogP contribution in [0, 0.1) is 5.82 Å². The monoisotopic (exact) mass is 269 g/mol. The summed E-state index contributed by atoms with van der Waals surface area (Å²) in [4.78, 5) is 26.7. The van der Waals surface area contributed by atoms with E-state index < -0.39 is 23.5 Å². The molecule has 1 rings (SSSR count). The number of hydrogen-bond acceptors (Lipinski definition) is 4. The van der Waals surface area contributed by atoms with E-state index in [0.717, 1.165) is 5.06 Å². The van der Waals surface area contributed by atoms with Crippen LogP contribution < -0.4 is 0 Å². The lowest BCUT2D eigenvalue weighted by Crippen LogP contribution is -2.28. The second-order valence-corrected chi connectivity index (χ2v) is 3.52. The maximum absolute atomic E-state index is 12.7. The van der Waals surface area contributed by atoms with E-state index in [-0.39, 0.29) is 6.54 Å². The number of hydroxylamine groups is 2. The van der Waals surface area contributed by atoms with E-state index in [0.29, 0.717) is 11.6 Å². The molecule has 6 nitrogen and oxygen atoms in total. The van der Waals surface area contributed by atoms with Gasteiger partial charge in [-0.1, -0.05) is 12.1 Å². The summed E-state index contributed by atoms with van der Waals surface area (Å²) in [6.07, 6.45) is 0.523. The van der Waals surface area contributed by atoms with Gasteiger partial charge in [-0.15, -0.1) is 0 Å². The van der Waals surface area contributed by atoms with Crippen LogP contribution in [-0.2, 0) is 21.0 Å². The number of carbonyl (C=O) groups is 2. The Morgan fingerprint density at radius 1 is 1.32 bits per heavy atom. The molecule has 102 valence electrons. The number of amides is 1. The number of aliphatic hydroxyl groups is 1. The lowest BCUT2D eigenvalue weighted by molar-refractivity contribution is -0.173. The van der Waals surface area contributed by atoms with Gasteiger partial charge in [0.15, 0.2) is 0 Å². The molecule has 0 heterocycles. The van der Waals surface area contributed by atoms with Crippen LogP contribution in [0.3, 0.4) is 0 Å². The van der Waals surface area contributed by atoms with Crippen molar-refractivity contribution in [2.75, 3.05) is 7.11 Å². The zero-order valence-electron chi connectivity index (χ0n) is 10.0. The lowest BCUT2D eigenvalue weighted by Gasteiger charge is -2.17. The summed E-state index contributed by atoms with van der Waals surface area (Å²) in [5.74, 6) is -3.97. The van der Waals surface area contributed by atoms with Gasteiger partial charge in [-0.05, 0) is 17.7 Å². The minimum absolute atomic E-state index is 0.0149. The predicted molar refractivity (Wildman–Crippen MR) is 62.3 cm³/mol. The van der Waals surface area contributed by atoms with Crippen LogP contribution in [0.1, 0.15) is 5.56 Å². The number of carboxylic acids is 1. The first-order valence-corrected chi connectivity index (χ1v) is 5.18. The summed E-state index contributed by atoms with van der Waals surface area (Å²) >= 11 is 0. The van der Waals surface area contributed by atoms with Gasteiger partial charge in [0.25, 0.3) is 5.91 Å². The molecule has 0 fully saturated rings. The molecular weight excluding hydrogens is 257 g/mol. The van der Waals surface area contributed by atoms with Gasteiger partial charge < -0.3 is 10.2 Å². The third-order valence-corrected chi connectivity index (χ3v) is 2.18. The standard InChI is InChI=1S/C12H12FNO5/c1-19-14(11(16)6-10(15)12(17)18)7-8-2-4-9(13)5-3-8/h2-6,15H,7H2,1H3,(H,17,18)/b10-6+. The number of carbonyl (C=O) groups excluding carboxylic acids is 1. The van der Waals surface area contributed by atoms with Gasteiger partial charge in [0.2, 0.25) is 5.76 Å². The maximum Gasteiger partial charge on any atom is 0.371 e. The fourth-order valence-corrected chi connectivity index (χ4v) is 1.24. The third kappa shape index (κ3) is 4.40. The summed E-state index contributed by atoms with van der Waals surface area (Å²) in [6.45, 7) is -0.0149. The molecule has 0 aliphatic heterocycles. The molecule has 1 amide bonds. The number of aliphatic carboxylic acids is 1. The molecule has 0 saturated carbocycles. The largest absolute Gasteiger partial charge is 0.502 e. The first-order chi connectivity index (χ1) is 8.93. The Labute approximate surface area is 108 Å². The van der Waals surface area contributed by atoms with Crippen molar-refractivity contribution in [3.8, 4) is 0 Å². The van der Waals surface area contributed by atoms with Crippen LogP contribution >= 0.6 is 0 Å². The minimum Gasteiger partial charge on any atom is -0.502 e. The molecule has 19 heavy (non-hydrogen) atoms. The van der Waals surface area contributed by atoms with Crippen molar-refractivity contribution >= 4 is 11.9 Å². The second kappa shape index (κ2) is 6.50. The highest BCUT2D eigenvalue weighted by atomic mass is 19.1. The van der Waals surface area contributed by atoms with Crippen LogP contribution in [-0.4, -0.2) is 34.3 Å². The van der Waals surface area contributed by atoms with Crippen LogP contribution in [0.15, 0.2) is 36.1 Å². The molecule has 1 aromatic carbocycles. The number of benzene rings is 1. The van der Waals surface area contributed by atoms with Crippen LogP contribution in [0.2, 0.25) is 0 Å². The summed E-state index contributed by atoms with van der Waals surface area (Å²) < 4.78 is 12.7. The predicted octanol–water partition coefficient (Wildman–Crippen LogP) is 1.24. The zero-order valence-corrected chi connectivity index (χ0v) is 10.0. The highest BCUT2D eigenvalue weighted by Gasteiger charge is 2.15. The number of rotatable bonds is 5. The van der Waals surface area contributed by atoms with Gasteiger partial charge in [-0.2, -0.15) is 0 Å². The molecule has 0 unspecified atom stereocenters. The van der Waals surface area contributed by atoms with Crippen molar-refractivity contribution in [2.24, 2.45) is 0 Å². The lowest BCUT2D eigenvalue weighted by atomic mass is 10.2. The second-order valence-electron chi connectivity index (χ2n) is 3.52. The number of halogens is 1. The van der Waals surface area contributed by atoms with Crippen molar-refractivity contribution in [3.63, 3.8) is 0 Å². The van der Waals surface area contributed by atoms with Gasteiger partial charge in [-0.25, -0.2) is 14.2 Å². The maximum atomic E-state index is 12.7. The van der Waals surface area contributed by atoms with Gasteiger partial charge in [0.05, 0.1) is 19.7 Å². The molecule has 0 aromatic heterocycles. The van der Waals surface area contributed by atoms with E-state index in [4.69, 9.17) is 15.1 Å². The van der Waals surface area contributed by atoms with E-state index in [1.807, 2.05) is 0 Å². The van der Waals surface area contributed by atoms with Crippen LogP contribution in [0.5, 0.6) is 0 Å². The summed E-state index contributed by atoms with van der Waals surface area (Å²) in [7, 11) is 1.22. The van der Waals surface area contributed by atoms with E-state index >= 15 is 0 Å². The number of aliphatic hydroxyl groups excluding tert-OH is 1. The van der Waals surface area contributed by atoms with Crippen LogP contribution in [0.25, 0.3) is 0 Å². The topological polar surface area (TPSA) is 87.1 Å². The summed E-state index contributed by atoms with van der Waals surface area (Å²) in [6, 6.07) is 5.35. The van der Waals surface area contributed by atoms with Crippen molar-refractivity contribution in [2.45, 2.75) is 6.54 Å². The summed E-state index contributed by atoms with van der Waals surface area (Å²) in [5, 5.41) is 18.2. The molecule has 0 bridgehead atoms. The van der Waals surface area contributed by atoms with Crippen LogP contribution in [0.4, 0.5) is 4.39 Å². The normalized spacial score (nSPS) is 11.2. The van der Waals surface area contributed by atoms with Gasteiger partial charge in [0, 0.05) is 0 Å². The highest BCUT2D eigenvalue weighted by Crippen LogP contribution is 2.08. The molecule has 0 aliphatic carbocycles. The molecular formula is C12H12FNO5. The Kier molecular flexibility index (Phi) is 5.01. The molecule has 1 aromatic rings. The Bertz CT molecular complexity index is 497. The smallest absolute Gasteiger partial charge is 0.371 e. The van der Waals surface area contributed by atoms with E-state index in [1.54, 1.807) is 0 Å². The first kappa shape index (κ1) is 14.7. The van der Waals surface area contributed by atoms with Gasteiger partial charge in [0.1, 0.15) is 5.82 Å². The molecule has 7 heteroatoms. The number of carboxylic acid groups (broad SMARTS) is 1. The summed E-state index contributed by atoms with van der Waals surface area (Å²) in [5.41, 5.74) is 0.583. The Morgan fingerprint density at radius 3 is 2.37 bits per heavy atom. The molecule has 0 atom stereocenters. The fourth-order valence-electron chi connectivity index (χ4n) is 1.24. The Hall–Kier alpha value is -2.41. The SMILES string of the molecule is CON(Cc1ccc(F)cc1)C(=O)/C=C(/O)C(=O)O. The fraction of sp³-hybridized carbons (Fsp3) is 0.167. The first-order valence-electron chi connectivity index (χ1n) is 5.18.